The molecule has 12 N–H and O–H groups in total. The number of nitrogens with zero attached hydrogens (tertiary/aromatic N) is 8. The number of nitrogens with two attached hydrogens (primary N) is 4. The standard InChI is InChI=1S/C17H36N8O8.C17H24N4O4/c18-13(22-26)1-5-30-9-17(10-31-6-2-14(19)23-27,11-32-7-3-15(20)24-28)12-33-8-4-16(21)25-29;18-5-1-9-22-13-17(14-23-10-2-6-19,15-24-11-3-7-20)16-25-12-4-8-21/h26-29H,1-12H2,(H2,18,22)(H2,19,23)(H2,20,24)(H2,21,25);1-4,9-16H2. The molecule has 0 atom stereocenters. The third kappa shape index (κ3) is 31.9. The molecular weight excluding hydrogens is 768 g/mol. The van der Waals surface area contributed by atoms with E-state index in [4.69, 9.17) is 103 Å². The van der Waals surface area contributed by atoms with Gasteiger partial charge in [-0.2, -0.15) is 21.0 Å². The Morgan fingerprint density at radius 1 is 0.362 bits per heavy atom. The van der Waals surface area contributed by atoms with Gasteiger partial charge in [0.05, 0.1) is 167 Å². The summed E-state index contributed by atoms with van der Waals surface area (Å²) in [5.41, 5.74) is 20.4. The lowest BCUT2D eigenvalue weighted by Crippen LogP contribution is -2.42. The van der Waals surface area contributed by atoms with Crippen LogP contribution in [0.15, 0.2) is 20.6 Å². The highest BCUT2D eigenvalue weighted by molar-refractivity contribution is 5.80. The van der Waals surface area contributed by atoms with Crippen LogP contribution in [0.4, 0.5) is 0 Å². The second kappa shape index (κ2) is 38.6. The number of rotatable bonds is 36. The van der Waals surface area contributed by atoms with Crippen LogP contribution < -0.4 is 22.9 Å². The van der Waals surface area contributed by atoms with E-state index in [0.717, 1.165) is 0 Å². The van der Waals surface area contributed by atoms with Crippen molar-refractivity contribution >= 4 is 23.3 Å². The fraction of sp³-hybridized carbons (Fsp3) is 0.765. The molecule has 0 aromatic rings. The quantitative estimate of drug-likeness (QED) is 0.0138. The van der Waals surface area contributed by atoms with Gasteiger partial charge in [-0.1, -0.05) is 20.6 Å². The largest absolute Gasteiger partial charge is 0.409 e. The monoisotopic (exact) mass is 828 g/mol. The molecule has 328 valence electrons. The van der Waals surface area contributed by atoms with Crippen molar-refractivity contribution in [3.05, 3.63) is 0 Å². The Balaban J connectivity index is 0. The van der Waals surface area contributed by atoms with Gasteiger partial charge in [0.1, 0.15) is 23.3 Å². The van der Waals surface area contributed by atoms with Crippen LogP contribution in [0.1, 0.15) is 51.4 Å². The van der Waals surface area contributed by atoms with Gasteiger partial charge in [0.25, 0.3) is 0 Å². The van der Waals surface area contributed by atoms with Crippen LogP contribution in [-0.4, -0.2) is 150 Å². The minimum absolute atomic E-state index is 0.0145. The van der Waals surface area contributed by atoms with E-state index in [1.165, 1.54) is 0 Å². The zero-order chi connectivity index (χ0) is 43.6. The number of amidine groups is 4. The van der Waals surface area contributed by atoms with Crippen molar-refractivity contribution in [1.29, 1.82) is 21.0 Å². The molecule has 0 aliphatic carbocycles. The van der Waals surface area contributed by atoms with Crippen molar-refractivity contribution in [2.45, 2.75) is 51.4 Å². The normalized spacial score (nSPS) is 13.3. The van der Waals surface area contributed by atoms with E-state index < -0.39 is 10.8 Å². The van der Waals surface area contributed by atoms with Gasteiger partial charge in [0, 0.05) is 25.7 Å². The van der Waals surface area contributed by atoms with E-state index in [-0.39, 0.29) is 180 Å². The molecule has 0 saturated heterocycles. The Labute approximate surface area is 338 Å². The molecule has 58 heavy (non-hydrogen) atoms. The van der Waals surface area contributed by atoms with E-state index in [1.54, 1.807) is 0 Å². The van der Waals surface area contributed by atoms with E-state index >= 15 is 0 Å². The predicted octanol–water partition coefficient (Wildman–Crippen LogP) is 0.279. The molecule has 0 saturated carbocycles. The molecule has 0 bridgehead atoms. The molecule has 0 amide bonds. The number of hydrogen-bond acceptors (Lipinski definition) is 20. The number of oxime groups is 4. The summed E-state index contributed by atoms with van der Waals surface area (Å²) >= 11 is 0. The summed E-state index contributed by atoms with van der Waals surface area (Å²) in [7, 11) is 0. The van der Waals surface area contributed by atoms with Crippen molar-refractivity contribution in [3.63, 3.8) is 0 Å². The van der Waals surface area contributed by atoms with Crippen LogP contribution >= 0.6 is 0 Å². The van der Waals surface area contributed by atoms with Crippen molar-refractivity contribution in [2.75, 3.05) is 106 Å². The first kappa shape index (κ1) is 54.8. The van der Waals surface area contributed by atoms with Crippen LogP contribution in [0.2, 0.25) is 0 Å². The van der Waals surface area contributed by atoms with E-state index in [2.05, 4.69) is 20.6 Å². The molecule has 0 unspecified atom stereocenters. The first-order chi connectivity index (χ1) is 28.1. The predicted molar refractivity (Wildman–Crippen MR) is 204 cm³/mol. The van der Waals surface area contributed by atoms with Gasteiger partial charge in [-0.15, -0.1) is 0 Å². The van der Waals surface area contributed by atoms with Crippen molar-refractivity contribution in [3.8, 4) is 24.3 Å². The van der Waals surface area contributed by atoms with E-state index in [0.29, 0.717) is 0 Å². The first-order valence-electron chi connectivity index (χ1n) is 18.0. The summed E-state index contributed by atoms with van der Waals surface area (Å²) in [6, 6.07) is 8.03. The molecule has 0 aliphatic heterocycles. The average Bonchev–Trinajstić information content (AvgIpc) is 3.24. The summed E-state index contributed by atoms with van der Waals surface area (Å²) in [6.07, 6.45) is 1.90. The zero-order valence-corrected chi connectivity index (χ0v) is 32.9. The zero-order valence-electron chi connectivity index (χ0n) is 32.9. The molecule has 0 radical (unpaired) electrons. The van der Waals surface area contributed by atoms with E-state index in [9.17, 15) is 0 Å². The van der Waals surface area contributed by atoms with Gasteiger partial charge < -0.3 is 81.7 Å². The molecule has 24 nitrogen and oxygen atoms in total. The van der Waals surface area contributed by atoms with Gasteiger partial charge in [-0.3, -0.25) is 0 Å². The number of nitriles is 4. The third-order valence-corrected chi connectivity index (χ3v) is 7.22. The fourth-order valence-electron chi connectivity index (χ4n) is 4.19. The molecule has 24 heteroatoms. The Bertz CT molecular complexity index is 1140. The summed E-state index contributed by atoms with van der Waals surface area (Å²) < 4.78 is 45.0. The number of ether oxygens (including phenoxy) is 8. The lowest BCUT2D eigenvalue weighted by atomic mass is 9.92. The van der Waals surface area contributed by atoms with Crippen molar-refractivity contribution in [1.82, 2.24) is 0 Å². The molecule has 0 aliphatic rings. The number of hydrogen-bond donors (Lipinski definition) is 8. The molecule has 0 spiro atoms. The smallest absolute Gasteiger partial charge is 0.141 e. The van der Waals surface area contributed by atoms with Gasteiger partial charge >= 0.3 is 0 Å². The van der Waals surface area contributed by atoms with Crippen LogP contribution in [0.25, 0.3) is 0 Å². The van der Waals surface area contributed by atoms with Crippen molar-refractivity contribution < 1.29 is 58.7 Å². The van der Waals surface area contributed by atoms with Crippen molar-refractivity contribution in [2.24, 2.45) is 54.4 Å². The molecule has 0 heterocycles. The van der Waals surface area contributed by atoms with Crippen LogP contribution in [0, 0.1) is 56.2 Å². The molecule has 0 fully saturated rings. The second-order valence-corrected chi connectivity index (χ2v) is 12.4. The Kier molecular flexibility index (Phi) is 36.5. The van der Waals surface area contributed by atoms with Gasteiger partial charge in [0.15, 0.2) is 0 Å². The highest BCUT2D eigenvalue weighted by Crippen LogP contribution is 2.23. The fourth-order valence-corrected chi connectivity index (χ4v) is 4.19. The maximum absolute atomic E-state index is 8.65. The summed E-state index contributed by atoms with van der Waals surface area (Å²) in [6.45, 7) is 3.24. The maximum atomic E-state index is 8.65. The lowest BCUT2D eigenvalue weighted by molar-refractivity contribution is -0.104. The Morgan fingerprint density at radius 2 is 0.534 bits per heavy atom. The van der Waals surface area contributed by atoms with Gasteiger partial charge in [-0.25, -0.2) is 0 Å². The Morgan fingerprint density at radius 3 is 0.690 bits per heavy atom. The van der Waals surface area contributed by atoms with Gasteiger partial charge in [-0.05, 0) is 0 Å². The second-order valence-electron chi connectivity index (χ2n) is 12.4. The summed E-state index contributed by atoms with van der Waals surface area (Å²) in [4.78, 5) is 0. The van der Waals surface area contributed by atoms with Gasteiger partial charge in [0.2, 0.25) is 0 Å². The van der Waals surface area contributed by atoms with Crippen LogP contribution in [0.5, 0.6) is 0 Å². The minimum atomic E-state index is -0.813. The SMILES string of the molecule is N#CCCOCC(COCCC#N)(COCCC#N)COCCC#N.NC(CCOCC(COCCC(N)=NO)(COCCC(N)=NO)COCCC(N)=NO)=NO. The highest BCUT2D eigenvalue weighted by atomic mass is 16.5. The van der Waals surface area contributed by atoms with E-state index in [1.807, 2.05) is 24.3 Å². The Hall–Kier alpha value is -5.28. The highest BCUT2D eigenvalue weighted by Gasteiger charge is 2.34. The molecular formula is C34H60N12O12. The maximum Gasteiger partial charge on any atom is 0.141 e. The molecule has 0 rings (SSSR count). The molecule has 0 aromatic carbocycles. The average molecular weight is 829 g/mol. The molecule has 0 aromatic heterocycles. The first-order valence-corrected chi connectivity index (χ1v) is 18.0. The topological polar surface area (TPSA) is 403 Å². The summed E-state index contributed by atoms with van der Waals surface area (Å²) in [5, 5.41) is 80.6. The summed E-state index contributed by atoms with van der Waals surface area (Å²) in [5.74, 6) is 0.0580. The lowest BCUT2D eigenvalue weighted by Gasteiger charge is -2.33. The van der Waals surface area contributed by atoms with Crippen LogP contribution in [-0.2, 0) is 37.9 Å². The minimum Gasteiger partial charge on any atom is -0.409 e. The third-order valence-electron chi connectivity index (χ3n) is 7.22. The van der Waals surface area contributed by atoms with Crippen LogP contribution in [0.3, 0.4) is 0 Å².